The van der Waals surface area contributed by atoms with E-state index in [1.807, 2.05) is 0 Å². The van der Waals surface area contributed by atoms with Gasteiger partial charge >= 0.3 is 0 Å². The van der Waals surface area contributed by atoms with Gasteiger partial charge in [0.15, 0.2) is 17.2 Å². The topological polar surface area (TPSA) is 90.9 Å². The first-order valence-electron chi connectivity index (χ1n) is 10.1. The number of aromatic nitrogens is 4. The summed E-state index contributed by atoms with van der Waals surface area (Å²) >= 11 is 0. The number of hydrogen-bond donors (Lipinski definition) is 2. The summed E-state index contributed by atoms with van der Waals surface area (Å²) in [6.45, 7) is 1.50. The van der Waals surface area contributed by atoms with Gasteiger partial charge in [-0.2, -0.15) is 9.49 Å². The van der Waals surface area contributed by atoms with Crippen molar-refractivity contribution < 1.29 is 17.9 Å². The normalized spacial score (nSPS) is 16.0. The monoisotopic (exact) mass is 440 g/mol. The third-order valence-electron chi connectivity index (χ3n) is 5.45. The molecule has 3 heterocycles. The molecule has 0 radical (unpaired) electrons. The zero-order valence-corrected chi connectivity index (χ0v) is 16.9. The minimum atomic E-state index is -1.15. The van der Waals surface area contributed by atoms with Crippen LogP contribution >= 0.6 is 0 Å². The van der Waals surface area contributed by atoms with Crippen LogP contribution in [-0.4, -0.2) is 32.3 Å². The van der Waals surface area contributed by atoms with Gasteiger partial charge in [-0.1, -0.05) is 6.07 Å². The molecule has 0 bridgehead atoms. The summed E-state index contributed by atoms with van der Waals surface area (Å²) in [5, 5.41) is 8.44. The lowest BCUT2D eigenvalue weighted by atomic mass is 10.1. The van der Waals surface area contributed by atoms with E-state index in [-0.39, 0.29) is 28.9 Å². The summed E-state index contributed by atoms with van der Waals surface area (Å²) < 4.78 is 49.4. The molecule has 1 atom stereocenters. The molecule has 1 aliphatic heterocycles. The number of nitrogens with two attached hydrogens (primary N) is 1. The third-order valence-corrected chi connectivity index (χ3v) is 5.45. The summed E-state index contributed by atoms with van der Waals surface area (Å²) in [7, 11) is 0. The van der Waals surface area contributed by atoms with Crippen molar-refractivity contribution >= 4 is 16.9 Å². The van der Waals surface area contributed by atoms with E-state index < -0.39 is 17.5 Å². The maximum atomic E-state index is 15.1. The molecular weight excluding hydrogens is 421 g/mol. The number of hydrogen-bond acceptors (Lipinski definition) is 6. The fraction of sp³-hybridized carbons (Fsp3) is 0.227. The van der Waals surface area contributed by atoms with Crippen LogP contribution in [0.15, 0.2) is 42.7 Å². The van der Waals surface area contributed by atoms with E-state index in [2.05, 4.69) is 20.4 Å². The third kappa shape index (κ3) is 3.62. The first-order valence-corrected chi connectivity index (χ1v) is 10.1. The van der Waals surface area contributed by atoms with Crippen LogP contribution in [0.2, 0.25) is 0 Å². The SMILES string of the molecule is Nc1ncnc2c1c(-c1ccc(Oc3cccc(F)c3F)cc1F)nn2C[C@H]1CCCN1. The van der Waals surface area contributed by atoms with E-state index >= 15 is 4.39 Å². The molecule has 0 spiro atoms. The minimum absolute atomic E-state index is 0.0128. The molecule has 3 N–H and O–H groups in total. The molecule has 0 unspecified atom stereocenters. The van der Waals surface area contributed by atoms with Gasteiger partial charge in [-0.25, -0.2) is 23.4 Å². The molecular formula is C22H19F3N6O. The number of nitrogen functional groups attached to an aromatic ring is 1. The molecule has 1 aliphatic rings. The zero-order valence-electron chi connectivity index (χ0n) is 16.9. The molecule has 0 amide bonds. The van der Waals surface area contributed by atoms with Gasteiger partial charge in [0, 0.05) is 17.7 Å². The number of ether oxygens (including phenoxy) is 1. The molecule has 2 aromatic carbocycles. The minimum Gasteiger partial charge on any atom is -0.454 e. The summed E-state index contributed by atoms with van der Waals surface area (Å²) in [4.78, 5) is 8.34. The second-order valence-corrected chi connectivity index (χ2v) is 7.58. The number of benzene rings is 2. The largest absolute Gasteiger partial charge is 0.454 e. The quantitative estimate of drug-likeness (QED) is 0.487. The highest BCUT2D eigenvalue weighted by molar-refractivity contribution is 5.98. The van der Waals surface area contributed by atoms with Crippen LogP contribution in [0.1, 0.15) is 12.8 Å². The van der Waals surface area contributed by atoms with Crippen molar-refractivity contribution in [2.45, 2.75) is 25.4 Å². The van der Waals surface area contributed by atoms with Crippen molar-refractivity contribution in [1.29, 1.82) is 0 Å². The highest BCUT2D eigenvalue weighted by Crippen LogP contribution is 2.34. The number of anilines is 1. The number of rotatable bonds is 5. The van der Waals surface area contributed by atoms with Gasteiger partial charge in [0.25, 0.3) is 0 Å². The number of nitrogens with one attached hydrogen (secondary N) is 1. The van der Waals surface area contributed by atoms with Gasteiger partial charge in [-0.15, -0.1) is 0 Å². The molecule has 0 aliphatic carbocycles. The Bertz CT molecular complexity index is 1300. The fourth-order valence-corrected chi connectivity index (χ4v) is 3.91. The van der Waals surface area contributed by atoms with Crippen LogP contribution in [0, 0.1) is 17.5 Å². The number of fused-ring (bicyclic) bond motifs is 1. The maximum Gasteiger partial charge on any atom is 0.201 e. The van der Waals surface area contributed by atoms with Gasteiger partial charge in [0.1, 0.15) is 29.4 Å². The Balaban J connectivity index is 1.53. The van der Waals surface area contributed by atoms with Gasteiger partial charge < -0.3 is 15.8 Å². The predicted octanol–water partition coefficient (Wildman–Crippen LogP) is 4.04. The van der Waals surface area contributed by atoms with Gasteiger partial charge in [-0.3, -0.25) is 0 Å². The summed E-state index contributed by atoms with van der Waals surface area (Å²) in [5.41, 5.74) is 7.07. The summed E-state index contributed by atoms with van der Waals surface area (Å²) in [6.07, 6.45) is 3.44. The predicted molar refractivity (Wildman–Crippen MR) is 113 cm³/mol. The van der Waals surface area contributed by atoms with E-state index in [1.54, 1.807) is 4.68 Å². The molecule has 164 valence electrons. The second-order valence-electron chi connectivity index (χ2n) is 7.58. The molecule has 4 aromatic rings. The molecule has 2 aromatic heterocycles. The van der Waals surface area contributed by atoms with Crippen LogP contribution < -0.4 is 15.8 Å². The van der Waals surface area contributed by atoms with Crippen molar-refractivity contribution in [1.82, 2.24) is 25.1 Å². The van der Waals surface area contributed by atoms with Crippen LogP contribution in [0.5, 0.6) is 11.5 Å². The average molecular weight is 440 g/mol. The van der Waals surface area contributed by atoms with E-state index in [0.717, 1.165) is 31.5 Å². The second kappa shape index (κ2) is 8.12. The van der Waals surface area contributed by atoms with E-state index in [0.29, 0.717) is 23.3 Å². The number of halogens is 3. The van der Waals surface area contributed by atoms with Crippen molar-refractivity contribution in [2.24, 2.45) is 0 Å². The Morgan fingerprint density at radius 3 is 2.78 bits per heavy atom. The standard InChI is InChI=1S/C22H19F3N6O/c23-15-4-1-5-17(19(15)25)32-13-6-7-14(16(24)9-13)20-18-21(26)28-11-29-22(18)31(30-20)10-12-3-2-8-27-12/h1,4-7,9,11-12,27H,2-3,8,10H2,(H2,26,28,29)/t12-/m1/s1. The van der Waals surface area contributed by atoms with E-state index in [4.69, 9.17) is 10.5 Å². The van der Waals surface area contributed by atoms with Crippen molar-refractivity contribution in [3.05, 3.63) is 60.2 Å². The molecule has 10 heteroatoms. The fourth-order valence-electron chi connectivity index (χ4n) is 3.91. The van der Waals surface area contributed by atoms with Crippen molar-refractivity contribution in [2.75, 3.05) is 12.3 Å². The van der Waals surface area contributed by atoms with Crippen molar-refractivity contribution in [3.8, 4) is 22.8 Å². The lowest BCUT2D eigenvalue weighted by Crippen LogP contribution is -2.27. The van der Waals surface area contributed by atoms with E-state index in [9.17, 15) is 8.78 Å². The van der Waals surface area contributed by atoms with Gasteiger partial charge in [0.2, 0.25) is 5.82 Å². The van der Waals surface area contributed by atoms with Gasteiger partial charge in [-0.05, 0) is 43.7 Å². The van der Waals surface area contributed by atoms with Crippen LogP contribution in [0.4, 0.5) is 19.0 Å². The smallest absolute Gasteiger partial charge is 0.201 e. The zero-order chi connectivity index (χ0) is 22.2. The molecule has 1 fully saturated rings. The molecule has 1 saturated heterocycles. The molecule has 5 rings (SSSR count). The Morgan fingerprint density at radius 1 is 1.12 bits per heavy atom. The maximum absolute atomic E-state index is 15.1. The van der Waals surface area contributed by atoms with Gasteiger partial charge in [0.05, 0.1) is 11.9 Å². The average Bonchev–Trinajstić information content (AvgIpc) is 3.41. The lowest BCUT2D eigenvalue weighted by molar-refractivity contribution is 0.414. The Kier molecular flexibility index (Phi) is 5.14. The Hall–Kier alpha value is -3.66. The highest BCUT2D eigenvalue weighted by atomic mass is 19.2. The summed E-state index contributed by atoms with van der Waals surface area (Å²) in [5.74, 6) is -2.99. The highest BCUT2D eigenvalue weighted by Gasteiger charge is 2.23. The molecule has 0 saturated carbocycles. The number of nitrogens with zero attached hydrogens (tertiary/aromatic N) is 4. The first-order chi connectivity index (χ1) is 15.5. The molecule has 32 heavy (non-hydrogen) atoms. The van der Waals surface area contributed by atoms with Crippen LogP contribution in [0.25, 0.3) is 22.3 Å². The lowest BCUT2D eigenvalue weighted by Gasteiger charge is -2.10. The Labute approximate surface area is 181 Å². The first kappa shape index (κ1) is 20.3. The van der Waals surface area contributed by atoms with Crippen LogP contribution in [0.3, 0.4) is 0 Å². The molecule has 7 nitrogen and oxygen atoms in total. The summed E-state index contributed by atoms with van der Waals surface area (Å²) in [6, 6.07) is 7.77. The Morgan fingerprint density at radius 2 is 2.00 bits per heavy atom. The van der Waals surface area contributed by atoms with Crippen LogP contribution in [-0.2, 0) is 6.54 Å². The van der Waals surface area contributed by atoms with Crippen molar-refractivity contribution in [3.63, 3.8) is 0 Å². The van der Waals surface area contributed by atoms with E-state index in [1.165, 1.54) is 30.6 Å².